The summed E-state index contributed by atoms with van der Waals surface area (Å²) in [5.41, 5.74) is 0.0432. The van der Waals surface area contributed by atoms with Crippen molar-refractivity contribution >= 4 is 17.3 Å². The molecule has 4 nitrogen and oxygen atoms in total. The van der Waals surface area contributed by atoms with Crippen LogP contribution in [0.1, 0.15) is 24.0 Å². The van der Waals surface area contributed by atoms with E-state index in [1.807, 2.05) is 11.0 Å². The first kappa shape index (κ1) is 19.7. The van der Waals surface area contributed by atoms with Crippen molar-refractivity contribution in [3.8, 4) is 6.07 Å². The minimum Gasteiger partial charge on any atom is -0.370 e. The molecule has 0 aromatic heterocycles. The fourth-order valence-corrected chi connectivity index (χ4v) is 3.24. The van der Waals surface area contributed by atoms with Gasteiger partial charge in [-0.25, -0.2) is 4.39 Å². The minimum atomic E-state index is -4.50. The number of hydrogen-bond donors (Lipinski definition) is 1. The van der Waals surface area contributed by atoms with Gasteiger partial charge in [-0.1, -0.05) is 0 Å². The van der Waals surface area contributed by atoms with E-state index in [1.165, 1.54) is 30.3 Å². The van der Waals surface area contributed by atoms with Crippen molar-refractivity contribution in [2.75, 3.05) is 23.3 Å². The van der Waals surface area contributed by atoms with Crippen molar-refractivity contribution in [3.05, 3.63) is 59.4 Å². The van der Waals surface area contributed by atoms with E-state index in [0.29, 0.717) is 37.3 Å². The Balaban J connectivity index is 1.64. The monoisotopic (exact) mass is 391 g/mol. The van der Waals surface area contributed by atoms with Crippen molar-refractivity contribution < 1.29 is 22.4 Å². The number of piperidine rings is 1. The number of alkyl halides is 3. The molecule has 0 unspecified atom stereocenters. The number of benzene rings is 2. The molecule has 8 heteroatoms. The third kappa shape index (κ3) is 4.42. The Bertz CT molecular complexity index is 895. The van der Waals surface area contributed by atoms with Crippen LogP contribution in [0.4, 0.5) is 28.9 Å². The van der Waals surface area contributed by atoms with Gasteiger partial charge in [-0.05, 0) is 55.3 Å². The Labute approximate surface area is 159 Å². The summed E-state index contributed by atoms with van der Waals surface area (Å²) in [6, 6.07) is 10.4. The molecule has 0 bridgehead atoms. The van der Waals surface area contributed by atoms with Crippen molar-refractivity contribution in [2.24, 2.45) is 5.92 Å². The molecule has 2 aromatic carbocycles. The molecule has 1 aliphatic heterocycles. The van der Waals surface area contributed by atoms with Crippen molar-refractivity contribution in [1.29, 1.82) is 5.26 Å². The molecule has 0 atom stereocenters. The SMILES string of the molecule is N#Cc1cc(C(F)(F)F)ccc1N1CCC(C(=O)Nc2ccc(F)cc2)CC1. The average molecular weight is 391 g/mol. The summed E-state index contributed by atoms with van der Waals surface area (Å²) in [5, 5.41) is 12.0. The molecule has 1 amide bonds. The zero-order chi connectivity index (χ0) is 20.3. The van der Waals surface area contributed by atoms with E-state index >= 15 is 0 Å². The molecule has 3 rings (SSSR count). The molecular formula is C20H17F4N3O. The summed E-state index contributed by atoms with van der Waals surface area (Å²) < 4.78 is 51.4. The fraction of sp³-hybridized carbons (Fsp3) is 0.300. The summed E-state index contributed by atoms with van der Waals surface area (Å²) in [6.45, 7) is 0.892. The molecule has 0 aliphatic carbocycles. The number of rotatable bonds is 3. The Hall–Kier alpha value is -3.08. The highest BCUT2D eigenvalue weighted by Crippen LogP contribution is 2.34. The van der Waals surface area contributed by atoms with Gasteiger partial charge in [0.15, 0.2) is 0 Å². The van der Waals surface area contributed by atoms with Gasteiger partial charge in [-0.15, -0.1) is 0 Å². The Morgan fingerprint density at radius 3 is 2.32 bits per heavy atom. The number of anilines is 2. The highest BCUT2D eigenvalue weighted by molar-refractivity contribution is 5.92. The van der Waals surface area contributed by atoms with Crippen LogP contribution in [0.2, 0.25) is 0 Å². The second kappa shape index (κ2) is 7.89. The van der Waals surface area contributed by atoms with E-state index in [-0.39, 0.29) is 17.4 Å². The average Bonchev–Trinajstić information content (AvgIpc) is 2.68. The second-order valence-corrected chi connectivity index (χ2v) is 6.60. The lowest BCUT2D eigenvalue weighted by Gasteiger charge is -2.33. The van der Waals surface area contributed by atoms with E-state index in [0.717, 1.165) is 12.1 Å². The van der Waals surface area contributed by atoms with Gasteiger partial charge in [0.1, 0.15) is 11.9 Å². The lowest BCUT2D eigenvalue weighted by molar-refractivity contribution is -0.137. The zero-order valence-corrected chi connectivity index (χ0v) is 14.8. The Morgan fingerprint density at radius 1 is 1.11 bits per heavy atom. The summed E-state index contributed by atoms with van der Waals surface area (Å²) in [4.78, 5) is 14.2. The van der Waals surface area contributed by atoms with Crippen LogP contribution in [0, 0.1) is 23.1 Å². The highest BCUT2D eigenvalue weighted by atomic mass is 19.4. The van der Waals surface area contributed by atoms with Crippen LogP contribution in [0.15, 0.2) is 42.5 Å². The normalized spacial score (nSPS) is 15.2. The maximum Gasteiger partial charge on any atom is 0.416 e. The minimum absolute atomic E-state index is 0.0379. The number of nitrogens with zero attached hydrogens (tertiary/aromatic N) is 2. The third-order valence-electron chi connectivity index (χ3n) is 4.76. The first-order valence-corrected chi connectivity index (χ1v) is 8.70. The smallest absolute Gasteiger partial charge is 0.370 e. The number of nitriles is 1. The predicted molar refractivity (Wildman–Crippen MR) is 96.1 cm³/mol. The first-order chi connectivity index (χ1) is 13.3. The Kier molecular flexibility index (Phi) is 5.54. The maximum absolute atomic E-state index is 12.9. The number of amides is 1. The number of nitrogens with one attached hydrogen (secondary N) is 1. The van der Waals surface area contributed by atoms with Gasteiger partial charge in [0.25, 0.3) is 0 Å². The molecule has 0 spiro atoms. The molecule has 1 N–H and O–H groups in total. The number of halogens is 4. The van der Waals surface area contributed by atoms with Gasteiger partial charge in [-0.2, -0.15) is 18.4 Å². The summed E-state index contributed by atoms with van der Waals surface area (Å²) in [5.74, 6) is -0.836. The fourth-order valence-electron chi connectivity index (χ4n) is 3.24. The summed E-state index contributed by atoms with van der Waals surface area (Å²) in [7, 11) is 0. The van der Waals surface area contributed by atoms with Crippen molar-refractivity contribution in [3.63, 3.8) is 0 Å². The Morgan fingerprint density at radius 2 is 1.75 bits per heavy atom. The van der Waals surface area contributed by atoms with Gasteiger partial charge < -0.3 is 10.2 Å². The molecule has 28 heavy (non-hydrogen) atoms. The van der Waals surface area contributed by atoms with E-state index < -0.39 is 17.6 Å². The van der Waals surface area contributed by atoms with Crippen molar-refractivity contribution in [2.45, 2.75) is 19.0 Å². The van der Waals surface area contributed by atoms with Gasteiger partial charge in [-0.3, -0.25) is 4.79 Å². The molecule has 1 saturated heterocycles. The number of carbonyl (C=O) groups excluding carboxylic acids is 1. The zero-order valence-electron chi connectivity index (χ0n) is 14.8. The molecule has 0 saturated carbocycles. The second-order valence-electron chi connectivity index (χ2n) is 6.60. The van der Waals surface area contributed by atoms with E-state index in [2.05, 4.69) is 5.32 Å². The quantitative estimate of drug-likeness (QED) is 0.780. The van der Waals surface area contributed by atoms with Crippen LogP contribution in [0.5, 0.6) is 0 Å². The van der Waals surface area contributed by atoms with E-state index in [9.17, 15) is 27.6 Å². The van der Waals surface area contributed by atoms with Gasteiger partial charge >= 0.3 is 6.18 Å². The lowest BCUT2D eigenvalue weighted by atomic mass is 9.94. The largest absolute Gasteiger partial charge is 0.416 e. The van der Waals surface area contributed by atoms with Crippen LogP contribution in [-0.2, 0) is 11.0 Å². The third-order valence-corrected chi connectivity index (χ3v) is 4.76. The molecule has 1 heterocycles. The van der Waals surface area contributed by atoms with Crippen LogP contribution < -0.4 is 10.2 Å². The highest BCUT2D eigenvalue weighted by Gasteiger charge is 2.32. The van der Waals surface area contributed by atoms with Gasteiger partial charge in [0, 0.05) is 24.7 Å². The molecule has 1 fully saturated rings. The van der Waals surface area contributed by atoms with E-state index in [4.69, 9.17) is 0 Å². The van der Waals surface area contributed by atoms with E-state index in [1.54, 1.807) is 0 Å². The van der Waals surface area contributed by atoms with Crippen LogP contribution in [0.3, 0.4) is 0 Å². The van der Waals surface area contributed by atoms with Crippen LogP contribution in [-0.4, -0.2) is 19.0 Å². The van der Waals surface area contributed by atoms with Gasteiger partial charge in [0.2, 0.25) is 5.91 Å². The molecule has 146 valence electrons. The van der Waals surface area contributed by atoms with Crippen LogP contribution >= 0.6 is 0 Å². The predicted octanol–water partition coefficient (Wildman–Crippen LogP) is 4.57. The maximum atomic E-state index is 12.9. The van der Waals surface area contributed by atoms with Crippen LogP contribution in [0.25, 0.3) is 0 Å². The molecular weight excluding hydrogens is 374 g/mol. The number of carbonyl (C=O) groups is 1. The van der Waals surface area contributed by atoms with Crippen molar-refractivity contribution in [1.82, 2.24) is 0 Å². The van der Waals surface area contributed by atoms with Gasteiger partial charge in [0.05, 0.1) is 16.8 Å². The molecule has 2 aromatic rings. The summed E-state index contributed by atoms with van der Waals surface area (Å²) >= 11 is 0. The topological polar surface area (TPSA) is 56.1 Å². The number of hydrogen-bond acceptors (Lipinski definition) is 3. The molecule has 0 radical (unpaired) electrons. The summed E-state index contributed by atoms with van der Waals surface area (Å²) in [6.07, 6.45) is -3.51. The lowest BCUT2D eigenvalue weighted by Crippen LogP contribution is -2.38. The molecule has 1 aliphatic rings. The first-order valence-electron chi connectivity index (χ1n) is 8.70. The standard InChI is InChI=1S/C20H17F4N3O/c21-16-2-4-17(5-3-16)26-19(28)13-7-9-27(10-8-13)18-6-1-15(20(22,23)24)11-14(18)12-25/h1-6,11,13H,7-10H2,(H,26,28).